The van der Waals surface area contributed by atoms with Crippen molar-refractivity contribution in [1.29, 1.82) is 5.26 Å². The summed E-state index contributed by atoms with van der Waals surface area (Å²) in [5, 5.41) is 14.0. The maximum absolute atomic E-state index is 9.06. The van der Waals surface area contributed by atoms with E-state index in [0.717, 1.165) is 5.69 Å². The van der Waals surface area contributed by atoms with Gasteiger partial charge in [0, 0.05) is 5.02 Å². The van der Waals surface area contributed by atoms with Crippen LogP contribution in [0, 0.1) is 18.3 Å². The number of aromatic nitrogens is 2. The van der Waals surface area contributed by atoms with E-state index in [1.165, 1.54) is 0 Å². The summed E-state index contributed by atoms with van der Waals surface area (Å²) >= 11 is 11.8. The van der Waals surface area contributed by atoms with Crippen LogP contribution in [0.25, 0.3) is 5.69 Å². The number of hydrogen-bond donors (Lipinski definition) is 0. The van der Waals surface area contributed by atoms with Crippen LogP contribution >= 0.6 is 23.2 Å². The first kappa shape index (κ1) is 12.0. The van der Waals surface area contributed by atoms with Gasteiger partial charge in [-0.2, -0.15) is 10.4 Å². The molecule has 2 aromatic rings. The number of alkyl halides is 1. The van der Waals surface area contributed by atoms with E-state index in [1.807, 2.05) is 12.1 Å². The molecule has 0 amide bonds. The predicted molar refractivity (Wildman–Crippen MR) is 67.6 cm³/mol. The second-order valence-corrected chi connectivity index (χ2v) is 4.25. The molecular weight excluding hydrogens is 257 g/mol. The van der Waals surface area contributed by atoms with E-state index >= 15 is 0 Å². The van der Waals surface area contributed by atoms with Gasteiger partial charge < -0.3 is 0 Å². The highest BCUT2D eigenvalue weighted by Gasteiger charge is 2.15. The van der Waals surface area contributed by atoms with E-state index < -0.39 is 0 Å². The Morgan fingerprint density at radius 1 is 1.47 bits per heavy atom. The molecule has 1 heterocycles. The molecule has 0 saturated carbocycles. The quantitative estimate of drug-likeness (QED) is 0.781. The number of rotatable bonds is 2. The van der Waals surface area contributed by atoms with Gasteiger partial charge in [-0.3, -0.25) is 0 Å². The highest BCUT2D eigenvalue weighted by molar-refractivity contribution is 6.30. The highest BCUT2D eigenvalue weighted by atomic mass is 35.5. The van der Waals surface area contributed by atoms with Crippen molar-refractivity contribution in [2.45, 2.75) is 12.8 Å². The maximum Gasteiger partial charge on any atom is 0.103 e. The normalized spacial score (nSPS) is 10.2. The van der Waals surface area contributed by atoms with E-state index in [1.54, 1.807) is 23.7 Å². The minimum atomic E-state index is 0.232. The fourth-order valence-corrected chi connectivity index (χ4v) is 2.10. The van der Waals surface area contributed by atoms with Gasteiger partial charge in [-0.05, 0) is 25.1 Å². The number of halogens is 2. The molecule has 0 fully saturated rings. The van der Waals surface area contributed by atoms with E-state index in [9.17, 15) is 0 Å². The van der Waals surface area contributed by atoms with E-state index in [0.29, 0.717) is 22.0 Å². The molecule has 0 N–H and O–H groups in total. The lowest BCUT2D eigenvalue weighted by atomic mass is 10.2. The van der Waals surface area contributed by atoms with Gasteiger partial charge in [-0.1, -0.05) is 17.7 Å². The number of nitriles is 1. The van der Waals surface area contributed by atoms with Gasteiger partial charge in [-0.15, -0.1) is 11.6 Å². The molecule has 1 aromatic heterocycles. The lowest BCUT2D eigenvalue weighted by molar-refractivity contribution is 0.827. The molecule has 0 atom stereocenters. The predicted octanol–water partition coefficient (Wildman–Crippen LogP) is 3.44. The summed E-state index contributed by atoms with van der Waals surface area (Å²) in [6.07, 6.45) is 0. The van der Waals surface area contributed by atoms with Gasteiger partial charge >= 0.3 is 0 Å². The summed E-state index contributed by atoms with van der Waals surface area (Å²) in [5.74, 6) is 0.232. The third kappa shape index (κ3) is 2.14. The Bertz CT molecular complexity index is 596. The number of hydrogen-bond acceptors (Lipinski definition) is 2. The van der Waals surface area contributed by atoms with Crippen LogP contribution in [-0.4, -0.2) is 9.78 Å². The molecule has 0 bridgehead atoms. The molecule has 0 unspecified atom stereocenters. The molecule has 2 rings (SSSR count). The second-order valence-electron chi connectivity index (χ2n) is 3.54. The van der Waals surface area contributed by atoms with Crippen molar-refractivity contribution in [3.8, 4) is 11.8 Å². The van der Waals surface area contributed by atoms with Gasteiger partial charge in [0.05, 0.1) is 28.5 Å². The van der Waals surface area contributed by atoms with Gasteiger partial charge in [0.2, 0.25) is 0 Å². The molecule has 17 heavy (non-hydrogen) atoms. The zero-order chi connectivity index (χ0) is 12.4. The molecule has 0 aliphatic rings. The Balaban J connectivity index is 2.64. The molecular formula is C12H9Cl2N3. The summed E-state index contributed by atoms with van der Waals surface area (Å²) in [5.41, 5.74) is 2.69. The number of aryl methyl sites for hydroxylation is 1. The topological polar surface area (TPSA) is 41.6 Å². The van der Waals surface area contributed by atoms with Crippen LogP contribution in [0.2, 0.25) is 5.02 Å². The van der Waals surface area contributed by atoms with Crippen molar-refractivity contribution in [3.05, 3.63) is 46.2 Å². The van der Waals surface area contributed by atoms with Crippen LogP contribution in [0.5, 0.6) is 0 Å². The van der Waals surface area contributed by atoms with Crippen molar-refractivity contribution in [2.24, 2.45) is 0 Å². The third-order valence-electron chi connectivity index (χ3n) is 2.45. The summed E-state index contributed by atoms with van der Waals surface area (Å²) in [6.45, 7) is 1.79. The van der Waals surface area contributed by atoms with Crippen LogP contribution in [0.3, 0.4) is 0 Å². The fraction of sp³-hybridized carbons (Fsp3) is 0.167. The zero-order valence-electron chi connectivity index (χ0n) is 9.11. The van der Waals surface area contributed by atoms with E-state index in [-0.39, 0.29) is 5.88 Å². The zero-order valence-corrected chi connectivity index (χ0v) is 10.6. The van der Waals surface area contributed by atoms with Crippen molar-refractivity contribution in [2.75, 3.05) is 0 Å². The number of benzene rings is 1. The Morgan fingerprint density at radius 3 is 2.82 bits per heavy atom. The molecule has 0 spiro atoms. The first-order valence-corrected chi connectivity index (χ1v) is 5.89. The Hall–Kier alpha value is -1.50. The average molecular weight is 266 g/mol. The SMILES string of the molecule is Cc1nn(-c2cccc(Cl)c2)c(CCl)c1C#N. The minimum Gasteiger partial charge on any atom is -0.235 e. The summed E-state index contributed by atoms with van der Waals surface area (Å²) in [4.78, 5) is 0. The standard InChI is InChI=1S/C12H9Cl2N3/c1-8-11(7-15)12(6-13)17(16-8)10-4-2-3-9(14)5-10/h2-5H,6H2,1H3. The Labute approximate surface area is 109 Å². The minimum absolute atomic E-state index is 0.232. The third-order valence-corrected chi connectivity index (χ3v) is 2.94. The lowest BCUT2D eigenvalue weighted by Gasteiger charge is -2.05. The van der Waals surface area contributed by atoms with Crippen LogP contribution in [-0.2, 0) is 5.88 Å². The molecule has 0 saturated heterocycles. The van der Waals surface area contributed by atoms with Gasteiger partial charge in [0.25, 0.3) is 0 Å². The van der Waals surface area contributed by atoms with Crippen molar-refractivity contribution in [3.63, 3.8) is 0 Å². The highest BCUT2D eigenvalue weighted by Crippen LogP contribution is 2.21. The van der Waals surface area contributed by atoms with Crippen molar-refractivity contribution < 1.29 is 0 Å². The Morgan fingerprint density at radius 2 is 2.24 bits per heavy atom. The fourth-order valence-electron chi connectivity index (χ4n) is 1.67. The molecule has 1 aromatic carbocycles. The van der Waals surface area contributed by atoms with Crippen molar-refractivity contribution >= 4 is 23.2 Å². The second kappa shape index (κ2) is 4.79. The molecule has 0 aliphatic heterocycles. The smallest absolute Gasteiger partial charge is 0.103 e. The number of nitrogens with zero attached hydrogens (tertiary/aromatic N) is 3. The largest absolute Gasteiger partial charge is 0.235 e. The Kier molecular flexibility index (Phi) is 3.37. The molecule has 0 aliphatic carbocycles. The van der Waals surface area contributed by atoms with Crippen LogP contribution in [0.15, 0.2) is 24.3 Å². The monoisotopic (exact) mass is 265 g/mol. The summed E-state index contributed by atoms with van der Waals surface area (Å²) in [7, 11) is 0. The average Bonchev–Trinajstić information content (AvgIpc) is 2.65. The first-order valence-electron chi connectivity index (χ1n) is 4.98. The van der Waals surface area contributed by atoms with Gasteiger partial charge in [0.1, 0.15) is 6.07 Å². The summed E-state index contributed by atoms with van der Waals surface area (Å²) in [6, 6.07) is 9.39. The summed E-state index contributed by atoms with van der Waals surface area (Å²) < 4.78 is 1.66. The van der Waals surface area contributed by atoms with Crippen LogP contribution < -0.4 is 0 Å². The van der Waals surface area contributed by atoms with Crippen molar-refractivity contribution in [1.82, 2.24) is 9.78 Å². The van der Waals surface area contributed by atoms with E-state index in [2.05, 4.69) is 11.2 Å². The van der Waals surface area contributed by atoms with E-state index in [4.69, 9.17) is 28.5 Å². The first-order chi connectivity index (χ1) is 8.17. The van der Waals surface area contributed by atoms with Crippen LogP contribution in [0.4, 0.5) is 0 Å². The van der Waals surface area contributed by atoms with Gasteiger partial charge in [-0.25, -0.2) is 4.68 Å². The maximum atomic E-state index is 9.06. The molecule has 5 heteroatoms. The lowest BCUT2D eigenvalue weighted by Crippen LogP contribution is -2.01. The molecule has 3 nitrogen and oxygen atoms in total. The molecule has 0 radical (unpaired) electrons. The van der Waals surface area contributed by atoms with Gasteiger partial charge in [0.15, 0.2) is 0 Å². The van der Waals surface area contributed by atoms with Crippen LogP contribution in [0.1, 0.15) is 17.0 Å². The molecule has 86 valence electrons.